The van der Waals surface area contributed by atoms with Gasteiger partial charge in [-0.15, -0.1) is 5.10 Å². The topological polar surface area (TPSA) is 117 Å². The van der Waals surface area contributed by atoms with Crippen molar-refractivity contribution in [3.63, 3.8) is 0 Å². The quantitative estimate of drug-likeness (QED) is 0.332. The zero-order valence-electron chi connectivity index (χ0n) is 18.3. The number of amides is 1. The molecule has 0 unspecified atom stereocenters. The normalized spacial score (nSPS) is 11.3. The lowest BCUT2D eigenvalue weighted by molar-refractivity contribution is -0.141. The van der Waals surface area contributed by atoms with Crippen molar-refractivity contribution in [1.82, 2.24) is 30.0 Å². The van der Waals surface area contributed by atoms with Crippen molar-refractivity contribution in [3.05, 3.63) is 83.6 Å². The monoisotopic (exact) mass is 461 g/mol. The Morgan fingerprint density at radius 3 is 2.50 bits per heavy atom. The maximum Gasteiger partial charge on any atom is 0.357 e. The fourth-order valence-electron chi connectivity index (χ4n) is 3.12. The Morgan fingerprint density at radius 1 is 1.09 bits per heavy atom. The minimum Gasteiger partial charge on any atom is -0.451 e. The third-order valence-electron chi connectivity index (χ3n) is 4.67. The van der Waals surface area contributed by atoms with E-state index in [9.17, 15) is 14.0 Å². The van der Waals surface area contributed by atoms with Crippen molar-refractivity contribution in [1.29, 1.82) is 0 Å². The van der Waals surface area contributed by atoms with E-state index in [0.717, 1.165) is 5.56 Å². The third-order valence-corrected chi connectivity index (χ3v) is 4.67. The molecule has 10 nitrogen and oxygen atoms in total. The summed E-state index contributed by atoms with van der Waals surface area (Å²) in [6.45, 7) is 2.84. The highest BCUT2D eigenvalue weighted by Crippen LogP contribution is 2.18. The van der Waals surface area contributed by atoms with Crippen molar-refractivity contribution in [2.45, 2.75) is 13.8 Å². The first-order valence-corrected chi connectivity index (χ1v) is 10.2. The molecule has 0 aliphatic heterocycles. The van der Waals surface area contributed by atoms with Gasteiger partial charge in [-0.05, 0) is 60.2 Å². The van der Waals surface area contributed by atoms with E-state index in [-0.39, 0.29) is 11.5 Å². The second-order valence-electron chi connectivity index (χ2n) is 7.26. The van der Waals surface area contributed by atoms with Gasteiger partial charge in [0, 0.05) is 6.07 Å². The fraction of sp³-hybridized carbons (Fsp3) is 0.130. The molecule has 0 bridgehead atoms. The molecule has 0 saturated carbocycles. The number of tetrazole rings is 1. The van der Waals surface area contributed by atoms with E-state index in [0.29, 0.717) is 23.0 Å². The number of carbonyl (C=O) groups excluding carboxylic acids is 2. The fourth-order valence-corrected chi connectivity index (χ4v) is 3.12. The number of esters is 1. The van der Waals surface area contributed by atoms with Crippen molar-refractivity contribution in [2.75, 3.05) is 11.9 Å². The van der Waals surface area contributed by atoms with Crippen molar-refractivity contribution >= 4 is 29.5 Å². The van der Waals surface area contributed by atoms with Crippen LogP contribution in [0.2, 0.25) is 0 Å². The van der Waals surface area contributed by atoms with Gasteiger partial charge in [-0.3, -0.25) is 4.79 Å². The van der Waals surface area contributed by atoms with Gasteiger partial charge < -0.3 is 10.1 Å². The molecule has 2 heterocycles. The maximum absolute atomic E-state index is 13.3. The summed E-state index contributed by atoms with van der Waals surface area (Å²) in [7, 11) is 0. The van der Waals surface area contributed by atoms with Crippen LogP contribution in [0, 0.1) is 19.7 Å². The summed E-state index contributed by atoms with van der Waals surface area (Å²) in [4.78, 5) is 25.4. The third kappa shape index (κ3) is 5.21. The molecule has 4 rings (SSSR count). The average Bonchev–Trinajstić information content (AvgIpc) is 3.42. The zero-order chi connectivity index (χ0) is 24.1. The van der Waals surface area contributed by atoms with Gasteiger partial charge in [-0.1, -0.05) is 30.3 Å². The van der Waals surface area contributed by atoms with Gasteiger partial charge in [0.2, 0.25) is 0 Å². The molecule has 0 fully saturated rings. The van der Waals surface area contributed by atoms with Crippen LogP contribution in [0.15, 0.2) is 60.7 Å². The van der Waals surface area contributed by atoms with E-state index >= 15 is 0 Å². The van der Waals surface area contributed by atoms with E-state index < -0.39 is 18.5 Å². The van der Waals surface area contributed by atoms with Crippen LogP contribution in [-0.4, -0.2) is 48.5 Å². The smallest absolute Gasteiger partial charge is 0.357 e. The molecule has 0 radical (unpaired) electrons. The Balaban J connectivity index is 1.48. The van der Waals surface area contributed by atoms with Crippen LogP contribution in [0.5, 0.6) is 0 Å². The van der Waals surface area contributed by atoms with Crippen molar-refractivity contribution in [2.24, 2.45) is 0 Å². The maximum atomic E-state index is 13.3. The highest BCUT2D eigenvalue weighted by atomic mass is 19.1. The lowest BCUT2D eigenvalue weighted by Gasteiger charge is -2.11. The molecule has 0 aliphatic rings. The lowest BCUT2D eigenvalue weighted by atomic mass is 10.2. The first kappa shape index (κ1) is 22.5. The number of benzene rings is 2. The molecule has 0 saturated heterocycles. The predicted octanol–water partition coefficient (Wildman–Crippen LogP) is 2.79. The van der Waals surface area contributed by atoms with Crippen LogP contribution in [-0.2, 0) is 14.3 Å². The number of anilines is 1. The van der Waals surface area contributed by atoms with Crippen molar-refractivity contribution < 1.29 is 18.7 Å². The molecule has 0 atom stereocenters. The second kappa shape index (κ2) is 9.86. The number of hydrogen-bond donors (Lipinski definition) is 1. The molecule has 0 spiro atoms. The average molecular weight is 461 g/mol. The van der Waals surface area contributed by atoms with Gasteiger partial charge >= 0.3 is 5.97 Å². The van der Waals surface area contributed by atoms with Crippen LogP contribution in [0.3, 0.4) is 0 Å². The Labute approximate surface area is 193 Å². The van der Waals surface area contributed by atoms with Crippen LogP contribution in [0.4, 0.5) is 10.2 Å². The first-order valence-electron chi connectivity index (χ1n) is 10.2. The number of nitrogens with one attached hydrogen (secondary N) is 1. The number of aryl methyl sites for hydroxylation is 2. The Hall–Kier alpha value is -4.67. The number of halogens is 1. The summed E-state index contributed by atoms with van der Waals surface area (Å²) >= 11 is 0. The summed E-state index contributed by atoms with van der Waals surface area (Å²) < 4.78 is 21.2. The number of ether oxygens (including phenoxy) is 1. The number of aromatic nitrogens is 6. The number of rotatable bonds is 7. The summed E-state index contributed by atoms with van der Waals surface area (Å²) in [5, 5.41) is 18.2. The highest BCUT2D eigenvalue weighted by Gasteiger charge is 2.20. The Kier molecular flexibility index (Phi) is 6.53. The van der Waals surface area contributed by atoms with Crippen LogP contribution in [0.1, 0.15) is 17.1 Å². The summed E-state index contributed by atoms with van der Waals surface area (Å²) in [6, 6.07) is 16.4. The summed E-state index contributed by atoms with van der Waals surface area (Å²) in [5.41, 5.74) is 1.98. The number of nitrogens with zero attached hydrogens (tertiary/aromatic N) is 6. The van der Waals surface area contributed by atoms with E-state index in [1.54, 1.807) is 38.1 Å². The molecule has 4 aromatic rings. The molecule has 11 heteroatoms. The Bertz CT molecular complexity index is 1340. The molecule has 172 valence electrons. The van der Waals surface area contributed by atoms with Gasteiger partial charge in [0.15, 0.2) is 18.1 Å². The standard InChI is InChI=1S/C23H20FN7O3/c1-15-12-21(31(27-15)19-10-8-18(24)9-11-19)25-22(32)14-34-23(33)20(30-16(2)26-28-29-30)13-17-6-4-3-5-7-17/h3-13H,14H2,1-2H3,(H,25,32)/b20-13-. The molecule has 34 heavy (non-hydrogen) atoms. The van der Waals surface area contributed by atoms with Gasteiger partial charge in [0.05, 0.1) is 11.4 Å². The number of carbonyl (C=O) groups is 2. The van der Waals surface area contributed by atoms with Crippen LogP contribution in [0.25, 0.3) is 17.5 Å². The number of hydrogen-bond acceptors (Lipinski definition) is 7. The molecule has 1 N–H and O–H groups in total. The van der Waals surface area contributed by atoms with Gasteiger partial charge in [-0.25, -0.2) is 13.9 Å². The van der Waals surface area contributed by atoms with Crippen LogP contribution < -0.4 is 5.32 Å². The second-order valence-corrected chi connectivity index (χ2v) is 7.26. The van der Waals surface area contributed by atoms with Gasteiger partial charge in [0.25, 0.3) is 5.91 Å². The SMILES string of the molecule is Cc1cc(NC(=O)COC(=O)/C(=C/c2ccccc2)n2nnnc2C)n(-c2ccc(F)cc2)n1. The molecule has 1 amide bonds. The molecular formula is C23H20FN7O3. The minimum absolute atomic E-state index is 0.0497. The van der Waals surface area contributed by atoms with E-state index in [1.165, 1.54) is 33.6 Å². The van der Waals surface area contributed by atoms with Crippen LogP contribution >= 0.6 is 0 Å². The summed E-state index contributed by atoms with van der Waals surface area (Å²) in [6.07, 6.45) is 1.57. The zero-order valence-corrected chi connectivity index (χ0v) is 18.3. The lowest BCUT2D eigenvalue weighted by Crippen LogP contribution is -2.24. The highest BCUT2D eigenvalue weighted by molar-refractivity contribution is 6.15. The molecule has 2 aromatic carbocycles. The molecule has 2 aromatic heterocycles. The summed E-state index contributed by atoms with van der Waals surface area (Å²) in [5.74, 6) is -1.02. The predicted molar refractivity (Wildman–Crippen MR) is 121 cm³/mol. The van der Waals surface area contributed by atoms with E-state index in [2.05, 4.69) is 25.9 Å². The Morgan fingerprint density at radius 2 is 1.82 bits per heavy atom. The van der Waals surface area contributed by atoms with Crippen molar-refractivity contribution in [3.8, 4) is 5.69 Å². The minimum atomic E-state index is -0.780. The van der Waals surface area contributed by atoms with E-state index in [1.807, 2.05) is 18.2 Å². The van der Waals surface area contributed by atoms with Gasteiger partial charge in [-0.2, -0.15) is 9.78 Å². The largest absolute Gasteiger partial charge is 0.451 e. The molecule has 0 aliphatic carbocycles. The molecular weight excluding hydrogens is 441 g/mol. The first-order chi connectivity index (χ1) is 16.4. The van der Waals surface area contributed by atoms with E-state index in [4.69, 9.17) is 4.74 Å². The van der Waals surface area contributed by atoms with Gasteiger partial charge in [0.1, 0.15) is 11.6 Å².